The molecule has 0 bridgehead atoms. The molecule has 1 aliphatic rings. The first-order valence-electron chi connectivity index (χ1n) is 8.40. The average molecular weight is 360 g/mol. The predicted molar refractivity (Wildman–Crippen MR) is 95.9 cm³/mol. The minimum absolute atomic E-state index is 0.00981. The predicted octanol–water partition coefficient (Wildman–Crippen LogP) is 3.36. The van der Waals surface area contributed by atoms with Crippen LogP contribution in [0.4, 0.5) is 4.39 Å². The molecule has 0 saturated carbocycles. The number of nitrogens with one attached hydrogen (secondary N) is 1. The molecule has 2 aromatic rings. The van der Waals surface area contributed by atoms with Crippen molar-refractivity contribution in [3.8, 4) is 0 Å². The summed E-state index contributed by atoms with van der Waals surface area (Å²) in [6.45, 7) is 3.60. The monoisotopic (exact) mass is 360 g/mol. The third-order valence-corrected chi connectivity index (χ3v) is 5.58. The van der Waals surface area contributed by atoms with E-state index < -0.39 is 0 Å². The number of benzene rings is 1. The summed E-state index contributed by atoms with van der Waals surface area (Å²) in [5.74, 6) is -0.717. The van der Waals surface area contributed by atoms with Gasteiger partial charge in [-0.1, -0.05) is 0 Å². The quantitative estimate of drug-likeness (QED) is 0.909. The number of carbonyl (C=O) groups excluding carboxylic acids is 2. The summed E-state index contributed by atoms with van der Waals surface area (Å²) in [5.41, 5.74) is 1.64. The van der Waals surface area contributed by atoms with Gasteiger partial charge in [0.15, 0.2) is 0 Å². The lowest BCUT2D eigenvalue weighted by molar-refractivity contribution is -0.126. The van der Waals surface area contributed by atoms with Crippen LogP contribution >= 0.6 is 11.3 Å². The van der Waals surface area contributed by atoms with Crippen molar-refractivity contribution in [1.82, 2.24) is 10.2 Å². The fraction of sp³-hybridized carbons (Fsp3) is 0.368. The van der Waals surface area contributed by atoms with E-state index in [0.717, 1.165) is 17.7 Å². The van der Waals surface area contributed by atoms with Crippen LogP contribution in [0.15, 0.2) is 35.7 Å². The minimum Gasteiger partial charge on any atom is -0.351 e. The first-order valence-corrected chi connectivity index (χ1v) is 9.28. The first-order chi connectivity index (χ1) is 12.0. The normalized spacial score (nSPS) is 17.4. The lowest BCUT2D eigenvalue weighted by atomic mass is 9.96. The van der Waals surface area contributed by atoms with E-state index in [1.165, 1.54) is 29.8 Å². The van der Waals surface area contributed by atoms with Crippen LogP contribution in [0.1, 0.15) is 33.6 Å². The fourth-order valence-corrected chi connectivity index (χ4v) is 3.89. The number of nitrogens with zero attached hydrogens (tertiary/aromatic N) is 1. The van der Waals surface area contributed by atoms with Gasteiger partial charge in [0.05, 0.1) is 12.5 Å². The smallest absolute Gasteiger partial charge is 0.253 e. The Morgan fingerprint density at radius 2 is 2.04 bits per heavy atom. The number of likely N-dealkylation sites (tertiary alicyclic amines) is 1. The van der Waals surface area contributed by atoms with Gasteiger partial charge >= 0.3 is 0 Å². The molecular formula is C19H21FN2O2S. The van der Waals surface area contributed by atoms with Crippen LogP contribution in [0.3, 0.4) is 0 Å². The standard InChI is InChI=1S/C19H21FN2O2S/c1-13-8-10-25-17(13)11-21-18(23)15-3-2-9-22(12-15)19(24)14-4-6-16(20)7-5-14/h4-8,10,15H,2-3,9,11-12H2,1H3,(H,21,23). The number of rotatable bonds is 4. The molecule has 1 aromatic carbocycles. The molecule has 3 rings (SSSR count). The van der Waals surface area contributed by atoms with Crippen molar-refractivity contribution in [3.63, 3.8) is 0 Å². The zero-order valence-corrected chi connectivity index (χ0v) is 14.9. The zero-order valence-electron chi connectivity index (χ0n) is 14.1. The molecule has 2 amide bonds. The van der Waals surface area contributed by atoms with E-state index in [4.69, 9.17) is 0 Å². The van der Waals surface area contributed by atoms with Gasteiger partial charge in [-0.25, -0.2) is 4.39 Å². The molecule has 1 aromatic heterocycles. The Balaban J connectivity index is 1.58. The molecule has 1 N–H and O–H groups in total. The van der Waals surface area contributed by atoms with E-state index in [9.17, 15) is 14.0 Å². The van der Waals surface area contributed by atoms with Gasteiger partial charge < -0.3 is 10.2 Å². The Hall–Kier alpha value is -2.21. The van der Waals surface area contributed by atoms with Gasteiger partial charge in [0.25, 0.3) is 5.91 Å². The number of thiophene rings is 1. The number of hydrogen-bond donors (Lipinski definition) is 1. The lowest BCUT2D eigenvalue weighted by Crippen LogP contribution is -2.45. The maximum Gasteiger partial charge on any atom is 0.253 e. The minimum atomic E-state index is -0.365. The average Bonchev–Trinajstić information content (AvgIpc) is 3.05. The summed E-state index contributed by atoms with van der Waals surface area (Å²) in [6, 6.07) is 7.58. The number of amides is 2. The van der Waals surface area contributed by atoms with E-state index in [2.05, 4.69) is 5.32 Å². The van der Waals surface area contributed by atoms with Crippen molar-refractivity contribution in [1.29, 1.82) is 0 Å². The number of piperidine rings is 1. The van der Waals surface area contributed by atoms with Crippen LogP contribution in [-0.2, 0) is 11.3 Å². The van der Waals surface area contributed by atoms with Crippen molar-refractivity contribution in [2.24, 2.45) is 5.92 Å². The fourth-order valence-electron chi connectivity index (χ4n) is 3.05. The molecule has 2 heterocycles. The SMILES string of the molecule is Cc1ccsc1CNC(=O)C1CCCN(C(=O)c2ccc(F)cc2)C1. The van der Waals surface area contributed by atoms with E-state index in [-0.39, 0.29) is 23.5 Å². The maximum atomic E-state index is 13.0. The molecular weight excluding hydrogens is 339 g/mol. The molecule has 25 heavy (non-hydrogen) atoms. The van der Waals surface area contributed by atoms with E-state index in [0.29, 0.717) is 25.2 Å². The van der Waals surface area contributed by atoms with Crippen molar-refractivity contribution >= 4 is 23.2 Å². The van der Waals surface area contributed by atoms with Gasteiger partial charge in [-0.2, -0.15) is 0 Å². The Morgan fingerprint density at radius 1 is 1.28 bits per heavy atom. The largest absolute Gasteiger partial charge is 0.351 e. The highest BCUT2D eigenvalue weighted by Gasteiger charge is 2.28. The van der Waals surface area contributed by atoms with Gasteiger partial charge in [-0.3, -0.25) is 9.59 Å². The molecule has 1 aliphatic heterocycles. The molecule has 0 spiro atoms. The van der Waals surface area contributed by atoms with E-state index >= 15 is 0 Å². The van der Waals surface area contributed by atoms with Crippen molar-refractivity contribution in [2.75, 3.05) is 13.1 Å². The highest BCUT2D eigenvalue weighted by Crippen LogP contribution is 2.20. The molecule has 4 nitrogen and oxygen atoms in total. The summed E-state index contributed by atoms with van der Waals surface area (Å²) in [7, 11) is 0. The summed E-state index contributed by atoms with van der Waals surface area (Å²) in [5, 5.41) is 5.00. The van der Waals surface area contributed by atoms with Crippen LogP contribution in [0.5, 0.6) is 0 Å². The molecule has 1 unspecified atom stereocenters. The van der Waals surface area contributed by atoms with Gasteiger partial charge in [0.2, 0.25) is 5.91 Å². The van der Waals surface area contributed by atoms with Crippen LogP contribution in [0, 0.1) is 18.7 Å². The summed E-state index contributed by atoms with van der Waals surface area (Å²) in [4.78, 5) is 27.8. The molecule has 1 fully saturated rings. The second-order valence-electron chi connectivity index (χ2n) is 6.34. The third-order valence-electron chi connectivity index (χ3n) is 4.56. The third kappa shape index (κ3) is 4.25. The van der Waals surface area contributed by atoms with E-state index in [1.54, 1.807) is 16.2 Å². The summed E-state index contributed by atoms with van der Waals surface area (Å²) < 4.78 is 13.0. The number of halogens is 1. The molecule has 1 atom stereocenters. The van der Waals surface area contributed by atoms with Crippen LogP contribution < -0.4 is 5.32 Å². The second kappa shape index (κ2) is 7.78. The van der Waals surface area contributed by atoms with Gasteiger partial charge in [-0.15, -0.1) is 11.3 Å². The molecule has 1 saturated heterocycles. The first kappa shape index (κ1) is 17.6. The topological polar surface area (TPSA) is 49.4 Å². The lowest BCUT2D eigenvalue weighted by Gasteiger charge is -2.32. The Kier molecular flexibility index (Phi) is 5.48. The van der Waals surface area contributed by atoms with Crippen LogP contribution in [0.2, 0.25) is 0 Å². The number of carbonyl (C=O) groups is 2. The molecule has 6 heteroatoms. The van der Waals surface area contributed by atoms with Crippen LogP contribution in [-0.4, -0.2) is 29.8 Å². The highest BCUT2D eigenvalue weighted by molar-refractivity contribution is 7.10. The molecule has 132 valence electrons. The number of hydrogen-bond acceptors (Lipinski definition) is 3. The van der Waals surface area contributed by atoms with Gasteiger partial charge in [0, 0.05) is 23.5 Å². The zero-order chi connectivity index (χ0) is 17.8. The Labute approximate surface area is 150 Å². The highest BCUT2D eigenvalue weighted by atomic mass is 32.1. The van der Waals surface area contributed by atoms with Gasteiger partial charge in [0.1, 0.15) is 5.82 Å². The number of aryl methyl sites for hydroxylation is 1. The van der Waals surface area contributed by atoms with Crippen molar-refractivity contribution < 1.29 is 14.0 Å². The molecule has 0 aliphatic carbocycles. The van der Waals surface area contributed by atoms with Crippen molar-refractivity contribution in [3.05, 3.63) is 57.5 Å². The maximum absolute atomic E-state index is 13.0. The summed E-state index contributed by atoms with van der Waals surface area (Å²) >= 11 is 1.63. The van der Waals surface area contributed by atoms with E-state index in [1.807, 2.05) is 18.4 Å². The van der Waals surface area contributed by atoms with Gasteiger partial charge in [-0.05, 0) is 61.0 Å². The Morgan fingerprint density at radius 3 is 2.72 bits per heavy atom. The Bertz CT molecular complexity index is 757. The van der Waals surface area contributed by atoms with Crippen LogP contribution in [0.25, 0.3) is 0 Å². The summed E-state index contributed by atoms with van der Waals surface area (Å²) in [6.07, 6.45) is 1.57. The molecule has 0 radical (unpaired) electrons. The second-order valence-corrected chi connectivity index (χ2v) is 7.34. The van der Waals surface area contributed by atoms with Crippen molar-refractivity contribution in [2.45, 2.75) is 26.3 Å².